The summed E-state index contributed by atoms with van der Waals surface area (Å²) in [4.78, 5) is 24.4. The summed E-state index contributed by atoms with van der Waals surface area (Å²) in [5.74, 6) is 5.93. The van der Waals surface area contributed by atoms with Gasteiger partial charge in [-0.15, -0.1) is 0 Å². The Morgan fingerprint density at radius 1 is 1.27 bits per heavy atom. The normalized spacial score (nSPS) is 18.0. The molecule has 0 amide bonds. The third-order valence-electron chi connectivity index (χ3n) is 4.91. The Bertz CT molecular complexity index is 939. The molecule has 2 N–H and O–H groups in total. The molecule has 0 bridgehead atoms. The molecule has 0 spiro atoms. The number of fused-ring (bicyclic) bond motifs is 1. The van der Waals surface area contributed by atoms with E-state index in [1.165, 1.54) is 0 Å². The van der Waals surface area contributed by atoms with Crippen molar-refractivity contribution in [2.24, 2.45) is 10.9 Å². The van der Waals surface area contributed by atoms with E-state index >= 15 is 0 Å². The van der Waals surface area contributed by atoms with E-state index in [9.17, 15) is 9.59 Å². The maximum atomic E-state index is 12.7. The molecule has 1 aliphatic heterocycles. The zero-order chi connectivity index (χ0) is 21.6. The van der Waals surface area contributed by atoms with Crippen molar-refractivity contribution < 1.29 is 23.8 Å². The lowest BCUT2D eigenvalue weighted by Gasteiger charge is -2.35. The molecule has 0 fully saturated rings. The van der Waals surface area contributed by atoms with Gasteiger partial charge in [-0.1, -0.05) is 24.3 Å². The lowest BCUT2D eigenvalue weighted by Crippen LogP contribution is -2.39. The van der Waals surface area contributed by atoms with Gasteiger partial charge in [-0.05, 0) is 49.6 Å². The van der Waals surface area contributed by atoms with Crippen LogP contribution in [0, 0.1) is 0 Å². The van der Waals surface area contributed by atoms with Crippen molar-refractivity contribution in [2.45, 2.75) is 45.3 Å². The van der Waals surface area contributed by atoms with Crippen LogP contribution in [0.4, 0.5) is 0 Å². The molecule has 2 aromatic carbocycles. The monoisotopic (exact) mass is 410 g/mol. The van der Waals surface area contributed by atoms with Crippen LogP contribution in [-0.4, -0.2) is 30.2 Å². The molecule has 0 aromatic heterocycles. The summed E-state index contributed by atoms with van der Waals surface area (Å²) in [6, 6.07) is 12.9. The number of benzene rings is 2. The fourth-order valence-corrected chi connectivity index (χ4v) is 3.33. The van der Waals surface area contributed by atoms with Gasteiger partial charge < -0.3 is 20.1 Å². The lowest BCUT2D eigenvalue weighted by molar-refractivity contribution is -0.144. The maximum absolute atomic E-state index is 12.7. The number of hydrogen-bond donors (Lipinski definition) is 1. The highest BCUT2D eigenvalue weighted by atomic mass is 16.5. The van der Waals surface area contributed by atoms with Gasteiger partial charge in [0.05, 0.1) is 24.8 Å². The molecule has 7 nitrogen and oxygen atoms in total. The Hall–Kier alpha value is -3.35. The second-order valence-corrected chi connectivity index (χ2v) is 7.42. The van der Waals surface area contributed by atoms with Gasteiger partial charge in [0.25, 0.3) is 0 Å². The average Bonchev–Trinajstić information content (AvgIpc) is 2.72. The summed E-state index contributed by atoms with van der Waals surface area (Å²) in [6.45, 7) is 4.32. The summed E-state index contributed by atoms with van der Waals surface area (Å²) in [5, 5.41) is 3.49. The molecule has 1 heterocycles. The largest absolute Gasteiger partial charge is 0.489 e. The van der Waals surface area contributed by atoms with Crippen LogP contribution >= 0.6 is 0 Å². The number of rotatable bonds is 8. The SMILES string of the molecule is CCOC(=O)CCC1(C)CC(=O)c2cc(OCc3ccc(C=NN)cc3)ccc2O1. The predicted molar refractivity (Wildman–Crippen MR) is 113 cm³/mol. The molecule has 0 saturated carbocycles. The number of ether oxygens (including phenoxy) is 3. The number of esters is 1. The third kappa shape index (κ3) is 5.37. The number of hydrogen-bond acceptors (Lipinski definition) is 7. The number of nitrogens with two attached hydrogens (primary N) is 1. The fraction of sp³-hybridized carbons (Fsp3) is 0.348. The average molecular weight is 410 g/mol. The van der Waals surface area contributed by atoms with Crippen molar-refractivity contribution in [3.05, 3.63) is 59.2 Å². The Kier molecular flexibility index (Phi) is 6.72. The zero-order valence-corrected chi connectivity index (χ0v) is 17.2. The smallest absolute Gasteiger partial charge is 0.305 e. The zero-order valence-electron chi connectivity index (χ0n) is 17.2. The van der Waals surface area contributed by atoms with Crippen LogP contribution in [0.1, 0.15) is 54.6 Å². The molecule has 1 aliphatic rings. The van der Waals surface area contributed by atoms with Crippen LogP contribution in [0.5, 0.6) is 11.5 Å². The van der Waals surface area contributed by atoms with Crippen LogP contribution in [0.15, 0.2) is 47.6 Å². The molecular formula is C23H26N2O5. The van der Waals surface area contributed by atoms with Crippen LogP contribution in [0.25, 0.3) is 0 Å². The van der Waals surface area contributed by atoms with Crippen molar-refractivity contribution in [3.63, 3.8) is 0 Å². The number of ketones is 1. The standard InChI is InChI=1S/C23H26N2O5/c1-3-28-22(27)10-11-23(2)13-20(26)19-12-18(8-9-21(19)30-23)29-15-17-6-4-16(5-7-17)14-25-24/h4-9,12,14H,3,10-11,13,15,24H2,1-2H3. The van der Waals surface area contributed by atoms with Gasteiger partial charge in [0.15, 0.2) is 5.78 Å². The Balaban J connectivity index is 1.63. The van der Waals surface area contributed by atoms with Crippen LogP contribution < -0.4 is 15.3 Å². The summed E-state index contributed by atoms with van der Waals surface area (Å²) < 4.78 is 16.9. The van der Waals surface area contributed by atoms with Crippen molar-refractivity contribution in [3.8, 4) is 11.5 Å². The van der Waals surface area contributed by atoms with E-state index in [1.54, 1.807) is 31.3 Å². The highest BCUT2D eigenvalue weighted by Gasteiger charge is 2.37. The Morgan fingerprint density at radius 3 is 2.73 bits per heavy atom. The third-order valence-corrected chi connectivity index (χ3v) is 4.91. The molecule has 0 aliphatic carbocycles. The number of carbonyl (C=O) groups excluding carboxylic acids is 2. The first-order chi connectivity index (χ1) is 14.4. The van der Waals surface area contributed by atoms with Crippen molar-refractivity contribution >= 4 is 18.0 Å². The molecule has 7 heteroatoms. The molecule has 3 rings (SSSR count). The van der Waals surface area contributed by atoms with E-state index in [1.807, 2.05) is 31.2 Å². The minimum absolute atomic E-state index is 0.0292. The minimum atomic E-state index is -0.728. The molecule has 0 radical (unpaired) electrons. The quantitative estimate of drug-likeness (QED) is 0.309. The summed E-state index contributed by atoms with van der Waals surface area (Å²) >= 11 is 0. The van der Waals surface area contributed by atoms with Crippen molar-refractivity contribution in [1.29, 1.82) is 0 Å². The Labute approximate surface area is 175 Å². The molecule has 0 saturated heterocycles. The predicted octanol–water partition coefficient (Wildman–Crippen LogP) is 3.63. The number of carbonyl (C=O) groups is 2. The van der Waals surface area contributed by atoms with Crippen LogP contribution in [0.3, 0.4) is 0 Å². The van der Waals surface area contributed by atoms with E-state index < -0.39 is 5.60 Å². The second kappa shape index (κ2) is 9.43. The minimum Gasteiger partial charge on any atom is -0.489 e. The first kappa shape index (κ1) is 21.4. The van der Waals surface area contributed by atoms with E-state index in [0.717, 1.165) is 11.1 Å². The van der Waals surface area contributed by atoms with Gasteiger partial charge >= 0.3 is 5.97 Å². The van der Waals surface area contributed by atoms with Crippen LogP contribution in [0.2, 0.25) is 0 Å². The van der Waals surface area contributed by atoms with E-state index in [2.05, 4.69) is 5.10 Å². The molecule has 1 atom stereocenters. The summed E-state index contributed by atoms with van der Waals surface area (Å²) in [6.07, 6.45) is 2.40. The molecular weight excluding hydrogens is 384 g/mol. The first-order valence-corrected chi connectivity index (χ1v) is 9.89. The van der Waals surface area contributed by atoms with Gasteiger partial charge in [-0.25, -0.2) is 0 Å². The van der Waals surface area contributed by atoms with E-state index in [0.29, 0.717) is 36.7 Å². The van der Waals surface area contributed by atoms with Gasteiger partial charge in [0.1, 0.15) is 23.7 Å². The molecule has 158 valence electrons. The maximum Gasteiger partial charge on any atom is 0.305 e. The van der Waals surface area contributed by atoms with Gasteiger partial charge in [0, 0.05) is 6.42 Å². The molecule has 1 unspecified atom stereocenters. The number of nitrogens with zero attached hydrogens (tertiary/aromatic N) is 1. The molecule has 2 aromatic rings. The summed E-state index contributed by atoms with van der Waals surface area (Å²) in [5.41, 5.74) is 1.66. The highest BCUT2D eigenvalue weighted by Crippen LogP contribution is 2.37. The van der Waals surface area contributed by atoms with Crippen molar-refractivity contribution in [2.75, 3.05) is 6.61 Å². The van der Waals surface area contributed by atoms with Gasteiger partial charge in [0.2, 0.25) is 0 Å². The first-order valence-electron chi connectivity index (χ1n) is 9.89. The topological polar surface area (TPSA) is 100 Å². The molecule has 30 heavy (non-hydrogen) atoms. The van der Waals surface area contributed by atoms with Gasteiger partial charge in [-0.2, -0.15) is 5.10 Å². The summed E-state index contributed by atoms with van der Waals surface area (Å²) in [7, 11) is 0. The van der Waals surface area contributed by atoms with E-state index in [-0.39, 0.29) is 24.6 Å². The second-order valence-electron chi connectivity index (χ2n) is 7.42. The lowest BCUT2D eigenvalue weighted by atomic mass is 9.88. The highest BCUT2D eigenvalue weighted by molar-refractivity contribution is 6.00. The fourth-order valence-electron chi connectivity index (χ4n) is 3.33. The van der Waals surface area contributed by atoms with Crippen LogP contribution in [-0.2, 0) is 16.1 Å². The number of hydrazone groups is 1. The van der Waals surface area contributed by atoms with Gasteiger partial charge in [-0.3, -0.25) is 9.59 Å². The Morgan fingerprint density at radius 2 is 2.03 bits per heavy atom. The van der Waals surface area contributed by atoms with E-state index in [4.69, 9.17) is 20.1 Å². The van der Waals surface area contributed by atoms with Crippen molar-refractivity contribution in [1.82, 2.24) is 0 Å². The number of Topliss-reactive ketones (excluding diaryl/α,β-unsaturated/α-hetero) is 1.